The summed E-state index contributed by atoms with van der Waals surface area (Å²) in [5.74, 6) is 0.848. The van der Waals surface area contributed by atoms with Crippen molar-refractivity contribution >= 4 is 29.3 Å². The fourth-order valence-corrected chi connectivity index (χ4v) is 3.76. The van der Waals surface area contributed by atoms with E-state index in [1.54, 1.807) is 21.7 Å². The third kappa shape index (κ3) is 2.37. The Bertz CT molecular complexity index is 551. The summed E-state index contributed by atoms with van der Waals surface area (Å²) in [7, 11) is 0. The largest absolute Gasteiger partial charge is 0.307 e. The monoisotopic (exact) mass is 305 g/mol. The minimum atomic E-state index is -0.348. The smallest absolute Gasteiger partial charge is 0.266 e. The minimum absolute atomic E-state index is 0.0156. The van der Waals surface area contributed by atoms with Crippen LogP contribution < -0.4 is 5.43 Å². The summed E-state index contributed by atoms with van der Waals surface area (Å²) in [5, 5.41) is 1.64. The number of hydrogen-bond acceptors (Lipinski definition) is 4. The average Bonchev–Trinajstić information content (AvgIpc) is 2.91. The minimum Gasteiger partial charge on any atom is -0.307 e. The highest BCUT2D eigenvalue weighted by Gasteiger charge is 2.54. The van der Waals surface area contributed by atoms with Gasteiger partial charge in [-0.3, -0.25) is 15.0 Å². The van der Waals surface area contributed by atoms with Crippen molar-refractivity contribution < 1.29 is 9.59 Å². The molecule has 1 N–H and O–H groups in total. The number of rotatable bonds is 4. The van der Waals surface area contributed by atoms with Crippen LogP contribution in [0, 0.1) is 5.92 Å². The quantitative estimate of drug-likeness (QED) is 0.921. The number of thioether (sulfide) groups is 1. The van der Waals surface area contributed by atoms with Crippen molar-refractivity contribution in [2.45, 2.75) is 25.6 Å². The molecule has 0 bridgehead atoms. The molecule has 0 aromatic heterocycles. The number of anilines is 1. The van der Waals surface area contributed by atoms with E-state index in [9.17, 15) is 9.59 Å². The first-order valence-electron chi connectivity index (χ1n) is 7.08. The van der Waals surface area contributed by atoms with Gasteiger partial charge in [0.05, 0.1) is 5.69 Å². The predicted octanol–water partition coefficient (Wildman–Crippen LogP) is 1.78. The van der Waals surface area contributed by atoms with Crippen LogP contribution in [0.2, 0.25) is 0 Å². The van der Waals surface area contributed by atoms with Crippen molar-refractivity contribution in [3.63, 3.8) is 0 Å². The molecule has 112 valence electrons. The lowest BCUT2D eigenvalue weighted by molar-refractivity contribution is -0.133. The molecule has 1 aromatic rings. The van der Waals surface area contributed by atoms with E-state index in [2.05, 4.69) is 5.43 Å². The van der Waals surface area contributed by atoms with Gasteiger partial charge < -0.3 is 4.90 Å². The summed E-state index contributed by atoms with van der Waals surface area (Å²) in [6.07, 6.45) is 2.29. The molecular weight excluding hydrogens is 286 g/mol. The predicted molar refractivity (Wildman–Crippen MR) is 83.5 cm³/mol. The molecular formula is C15H19N3O2S. The molecule has 0 radical (unpaired) electrons. The van der Waals surface area contributed by atoms with Gasteiger partial charge in [-0.2, -0.15) is 11.8 Å². The summed E-state index contributed by atoms with van der Waals surface area (Å²) in [6.45, 7) is 2.02. The number of carbonyl (C=O) groups is 2. The number of carbonyl (C=O) groups excluding carboxylic acids is 2. The topological polar surface area (TPSA) is 52.7 Å². The number of nitrogens with zero attached hydrogens (tertiary/aromatic N) is 2. The molecule has 0 spiro atoms. The van der Waals surface area contributed by atoms with Gasteiger partial charge in [0.2, 0.25) is 5.91 Å². The second-order valence-electron chi connectivity index (χ2n) is 5.55. The van der Waals surface area contributed by atoms with Crippen LogP contribution in [0.4, 0.5) is 5.69 Å². The summed E-state index contributed by atoms with van der Waals surface area (Å²) in [4.78, 5) is 26.6. The molecule has 2 aliphatic rings. The lowest BCUT2D eigenvalue weighted by Crippen LogP contribution is -2.43. The number of hydrogen-bond donors (Lipinski definition) is 1. The molecule has 2 aliphatic heterocycles. The van der Waals surface area contributed by atoms with Crippen LogP contribution in [0.5, 0.6) is 0 Å². The zero-order valence-corrected chi connectivity index (χ0v) is 13.0. The molecule has 3 atom stereocenters. The van der Waals surface area contributed by atoms with Crippen LogP contribution in [0.1, 0.15) is 13.3 Å². The molecule has 1 unspecified atom stereocenters. The van der Waals surface area contributed by atoms with E-state index in [0.29, 0.717) is 12.2 Å². The maximum absolute atomic E-state index is 12.7. The first-order valence-corrected chi connectivity index (χ1v) is 8.47. The van der Waals surface area contributed by atoms with Crippen LogP contribution in [0.3, 0.4) is 0 Å². The van der Waals surface area contributed by atoms with Crippen molar-refractivity contribution in [2.24, 2.45) is 5.92 Å². The van der Waals surface area contributed by atoms with Crippen LogP contribution in [0.15, 0.2) is 30.3 Å². The van der Waals surface area contributed by atoms with Crippen molar-refractivity contribution in [3.8, 4) is 0 Å². The SMILES string of the molecule is CSC[C@H]1C(=O)N(Nc2ccccc2)C2[C@@H](C)CC(=O)N21. The summed E-state index contributed by atoms with van der Waals surface area (Å²) < 4.78 is 0. The normalized spacial score (nSPS) is 28.2. The summed E-state index contributed by atoms with van der Waals surface area (Å²) >= 11 is 1.59. The van der Waals surface area contributed by atoms with Crippen LogP contribution >= 0.6 is 11.8 Å². The third-order valence-corrected chi connectivity index (χ3v) is 4.70. The maximum Gasteiger partial charge on any atom is 0.266 e. The number of fused-ring (bicyclic) bond motifs is 1. The number of para-hydroxylation sites is 1. The van der Waals surface area contributed by atoms with Crippen molar-refractivity contribution in [1.82, 2.24) is 9.91 Å². The lowest BCUT2D eigenvalue weighted by Gasteiger charge is -2.28. The molecule has 2 heterocycles. The van der Waals surface area contributed by atoms with E-state index < -0.39 is 0 Å². The van der Waals surface area contributed by atoms with E-state index in [1.165, 1.54) is 0 Å². The molecule has 1 aromatic carbocycles. The molecule has 0 saturated carbocycles. The number of hydrazine groups is 1. The van der Waals surface area contributed by atoms with Gasteiger partial charge >= 0.3 is 0 Å². The molecule has 2 fully saturated rings. The van der Waals surface area contributed by atoms with Crippen molar-refractivity contribution in [1.29, 1.82) is 0 Å². The van der Waals surface area contributed by atoms with E-state index in [0.717, 1.165) is 5.69 Å². The van der Waals surface area contributed by atoms with Gasteiger partial charge in [0.1, 0.15) is 12.2 Å². The number of benzene rings is 1. The Labute approximate surface area is 128 Å². The summed E-state index contributed by atoms with van der Waals surface area (Å²) in [6, 6.07) is 9.26. The van der Waals surface area contributed by atoms with Gasteiger partial charge in [-0.05, 0) is 18.4 Å². The van der Waals surface area contributed by atoms with E-state index in [4.69, 9.17) is 0 Å². The van der Waals surface area contributed by atoms with Crippen molar-refractivity contribution in [2.75, 3.05) is 17.4 Å². The molecule has 6 heteroatoms. The van der Waals surface area contributed by atoms with Crippen LogP contribution in [-0.2, 0) is 9.59 Å². The van der Waals surface area contributed by atoms with Gasteiger partial charge in [0.25, 0.3) is 5.91 Å². The van der Waals surface area contributed by atoms with Crippen LogP contribution in [-0.4, -0.2) is 45.9 Å². The fourth-order valence-electron chi connectivity index (χ4n) is 3.14. The second-order valence-corrected chi connectivity index (χ2v) is 6.46. The zero-order valence-electron chi connectivity index (χ0n) is 12.2. The Morgan fingerprint density at radius 1 is 1.29 bits per heavy atom. The number of amides is 2. The Kier molecular flexibility index (Phi) is 3.80. The van der Waals surface area contributed by atoms with E-state index in [1.807, 2.05) is 43.5 Å². The third-order valence-electron chi connectivity index (χ3n) is 4.05. The van der Waals surface area contributed by atoms with E-state index in [-0.39, 0.29) is 29.9 Å². The first kappa shape index (κ1) is 14.3. The highest BCUT2D eigenvalue weighted by Crippen LogP contribution is 2.36. The lowest BCUT2D eigenvalue weighted by atomic mass is 10.1. The van der Waals surface area contributed by atoms with Gasteiger partial charge in [-0.15, -0.1) is 0 Å². The second kappa shape index (κ2) is 5.60. The molecule has 21 heavy (non-hydrogen) atoms. The zero-order chi connectivity index (χ0) is 15.0. The summed E-state index contributed by atoms with van der Waals surface area (Å²) in [5.41, 5.74) is 4.05. The number of nitrogens with one attached hydrogen (secondary N) is 1. The molecule has 5 nitrogen and oxygen atoms in total. The Hall–Kier alpha value is -1.69. The molecule has 3 rings (SSSR count). The fraction of sp³-hybridized carbons (Fsp3) is 0.467. The highest BCUT2D eigenvalue weighted by molar-refractivity contribution is 7.98. The molecule has 2 amide bonds. The molecule has 2 saturated heterocycles. The average molecular weight is 305 g/mol. The van der Waals surface area contributed by atoms with Gasteiger partial charge in [-0.1, -0.05) is 25.1 Å². The first-order chi connectivity index (χ1) is 10.1. The Morgan fingerprint density at radius 3 is 2.67 bits per heavy atom. The molecule has 0 aliphatic carbocycles. The highest BCUT2D eigenvalue weighted by atomic mass is 32.2. The Balaban J connectivity index is 1.89. The van der Waals surface area contributed by atoms with Gasteiger partial charge in [-0.25, -0.2) is 5.01 Å². The van der Waals surface area contributed by atoms with Crippen molar-refractivity contribution in [3.05, 3.63) is 30.3 Å². The van der Waals surface area contributed by atoms with E-state index >= 15 is 0 Å². The van der Waals surface area contributed by atoms with Gasteiger partial charge in [0.15, 0.2) is 0 Å². The maximum atomic E-state index is 12.7. The van der Waals surface area contributed by atoms with Gasteiger partial charge in [0, 0.05) is 18.1 Å². The standard InChI is InChI=1S/C15H19N3O2S/c1-10-8-13(19)17-12(9-21-2)15(20)18(14(10)17)16-11-6-4-3-5-7-11/h3-7,10,12,14,16H,8-9H2,1-2H3/t10-,12-,14?/m0/s1. The van der Waals surface area contributed by atoms with Crippen LogP contribution in [0.25, 0.3) is 0 Å². The Morgan fingerprint density at radius 2 is 2.00 bits per heavy atom.